The van der Waals surface area contributed by atoms with Crippen LogP contribution in [0.5, 0.6) is 0 Å². The number of nitro groups is 1. The van der Waals surface area contributed by atoms with E-state index >= 15 is 0 Å². The van der Waals surface area contributed by atoms with Crippen LogP contribution >= 0.6 is 11.6 Å². The Morgan fingerprint density at radius 1 is 1.00 bits per heavy atom. The summed E-state index contributed by atoms with van der Waals surface area (Å²) >= 11 is 5.64. The minimum absolute atomic E-state index is 0.0711. The number of rotatable bonds is 4. The van der Waals surface area contributed by atoms with Crippen molar-refractivity contribution in [2.75, 3.05) is 5.32 Å². The van der Waals surface area contributed by atoms with Gasteiger partial charge in [0, 0.05) is 17.8 Å². The van der Waals surface area contributed by atoms with Crippen LogP contribution in [0.3, 0.4) is 0 Å². The molecular formula is C17H9ClF6N2O3. The first-order valence-corrected chi connectivity index (χ1v) is 7.87. The fourth-order valence-corrected chi connectivity index (χ4v) is 2.34. The largest absolute Gasteiger partial charge is 0.416 e. The van der Waals surface area contributed by atoms with Gasteiger partial charge in [-0.2, -0.15) is 26.3 Å². The highest BCUT2D eigenvalue weighted by molar-refractivity contribution is 6.32. The van der Waals surface area contributed by atoms with Crippen LogP contribution in [-0.4, -0.2) is 10.8 Å². The number of halogens is 7. The first-order valence-electron chi connectivity index (χ1n) is 7.50. The standard InChI is InChI=1S/C17H9ClF6N2O3/c18-13-3-1-9(5-14(13)26(28)29)2-4-15(27)25-12-7-10(16(19,20)21)6-11(8-12)17(22,23)24/h1-8H,(H,25,27)/b4-2+. The fourth-order valence-electron chi connectivity index (χ4n) is 2.16. The number of hydrogen-bond acceptors (Lipinski definition) is 3. The lowest BCUT2D eigenvalue weighted by Gasteiger charge is -2.14. The van der Waals surface area contributed by atoms with Crippen LogP contribution in [0.2, 0.25) is 5.02 Å². The predicted octanol–water partition coefficient (Wildman–Crippen LogP) is 5.94. The lowest BCUT2D eigenvalue weighted by molar-refractivity contribution is -0.384. The molecule has 0 heterocycles. The van der Waals surface area contributed by atoms with Crippen LogP contribution in [0.25, 0.3) is 6.08 Å². The zero-order chi connectivity index (χ0) is 22.0. The molecule has 29 heavy (non-hydrogen) atoms. The summed E-state index contributed by atoms with van der Waals surface area (Å²) < 4.78 is 76.9. The Labute approximate surface area is 163 Å². The fraction of sp³-hybridized carbons (Fsp3) is 0.118. The molecule has 1 N–H and O–H groups in total. The number of nitrogens with zero attached hydrogens (tertiary/aromatic N) is 1. The molecule has 0 fully saturated rings. The summed E-state index contributed by atoms with van der Waals surface area (Å²) in [6.07, 6.45) is -8.24. The van der Waals surface area contributed by atoms with Gasteiger partial charge in [-0.15, -0.1) is 0 Å². The van der Waals surface area contributed by atoms with Crippen LogP contribution in [-0.2, 0) is 17.1 Å². The Balaban J connectivity index is 2.27. The lowest BCUT2D eigenvalue weighted by Crippen LogP contribution is -2.14. The maximum absolute atomic E-state index is 12.8. The number of anilines is 1. The third kappa shape index (κ3) is 5.95. The van der Waals surface area contributed by atoms with E-state index in [0.29, 0.717) is 12.1 Å². The topological polar surface area (TPSA) is 72.2 Å². The van der Waals surface area contributed by atoms with Gasteiger partial charge >= 0.3 is 12.4 Å². The summed E-state index contributed by atoms with van der Waals surface area (Å²) in [4.78, 5) is 21.9. The van der Waals surface area contributed by atoms with Gasteiger partial charge in [-0.25, -0.2) is 0 Å². The van der Waals surface area contributed by atoms with Crippen molar-refractivity contribution in [2.24, 2.45) is 0 Å². The molecular weight excluding hydrogens is 430 g/mol. The molecule has 5 nitrogen and oxygen atoms in total. The molecule has 0 aliphatic rings. The van der Waals surface area contributed by atoms with Gasteiger partial charge in [0.25, 0.3) is 5.69 Å². The smallest absolute Gasteiger partial charge is 0.322 e. The van der Waals surface area contributed by atoms with Crippen LogP contribution < -0.4 is 5.32 Å². The third-order valence-corrected chi connectivity index (χ3v) is 3.77. The lowest BCUT2D eigenvalue weighted by atomic mass is 10.1. The minimum atomic E-state index is -5.06. The zero-order valence-electron chi connectivity index (χ0n) is 13.9. The highest BCUT2D eigenvalue weighted by Gasteiger charge is 2.37. The van der Waals surface area contributed by atoms with Crippen molar-refractivity contribution in [3.8, 4) is 0 Å². The van der Waals surface area contributed by atoms with Crippen LogP contribution in [0, 0.1) is 10.1 Å². The van der Waals surface area contributed by atoms with E-state index in [4.69, 9.17) is 11.6 Å². The average Bonchev–Trinajstić information content (AvgIpc) is 2.59. The van der Waals surface area contributed by atoms with Crippen LogP contribution in [0.4, 0.5) is 37.7 Å². The average molecular weight is 439 g/mol. The Bertz CT molecular complexity index is 954. The van der Waals surface area contributed by atoms with Crippen molar-refractivity contribution in [3.63, 3.8) is 0 Å². The van der Waals surface area contributed by atoms with Crippen molar-refractivity contribution >= 4 is 35.0 Å². The molecule has 2 aromatic rings. The molecule has 1 amide bonds. The summed E-state index contributed by atoms with van der Waals surface area (Å²) in [7, 11) is 0. The van der Waals surface area contributed by atoms with Crippen molar-refractivity contribution in [1.82, 2.24) is 0 Å². The maximum Gasteiger partial charge on any atom is 0.416 e. The summed E-state index contributed by atoms with van der Waals surface area (Å²) in [5.74, 6) is -1.05. The summed E-state index contributed by atoms with van der Waals surface area (Å²) in [5.41, 5.74) is -4.16. The van der Waals surface area contributed by atoms with E-state index in [1.165, 1.54) is 12.1 Å². The monoisotopic (exact) mass is 438 g/mol. The second kappa shape index (κ2) is 8.11. The molecule has 0 radical (unpaired) electrons. The molecule has 0 atom stereocenters. The van der Waals surface area contributed by atoms with Crippen molar-refractivity contribution in [3.05, 3.63) is 74.3 Å². The molecule has 0 saturated carbocycles. The Morgan fingerprint density at radius 3 is 2.03 bits per heavy atom. The first-order chi connectivity index (χ1) is 13.3. The predicted molar refractivity (Wildman–Crippen MR) is 92.2 cm³/mol. The summed E-state index contributed by atoms with van der Waals surface area (Å²) in [5, 5.41) is 12.6. The van der Waals surface area contributed by atoms with Crippen molar-refractivity contribution in [1.29, 1.82) is 0 Å². The van der Waals surface area contributed by atoms with E-state index < -0.39 is 45.7 Å². The normalized spacial score (nSPS) is 12.2. The number of benzene rings is 2. The highest BCUT2D eigenvalue weighted by Crippen LogP contribution is 2.37. The molecule has 0 unspecified atom stereocenters. The maximum atomic E-state index is 12.8. The molecule has 0 aromatic heterocycles. The van der Waals surface area contributed by atoms with Crippen LogP contribution in [0.15, 0.2) is 42.5 Å². The zero-order valence-corrected chi connectivity index (χ0v) is 14.7. The number of nitro benzene ring substituents is 1. The van der Waals surface area contributed by atoms with Crippen LogP contribution in [0.1, 0.15) is 16.7 Å². The molecule has 0 aliphatic heterocycles. The molecule has 0 bridgehead atoms. The number of alkyl halides is 6. The molecule has 0 aliphatic carbocycles. The van der Waals surface area contributed by atoms with E-state index in [9.17, 15) is 41.3 Å². The van der Waals surface area contributed by atoms with E-state index in [-0.39, 0.29) is 16.7 Å². The summed E-state index contributed by atoms with van der Waals surface area (Å²) in [6.45, 7) is 0. The molecule has 0 spiro atoms. The van der Waals surface area contributed by atoms with Crippen molar-refractivity contribution < 1.29 is 36.1 Å². The number of nitrogens with one attached hydrogen (secondary N) is 1. The van der Waals surface area contributed by atoms with E-state index in [2.05, 4.69) is 0 Å². The van der Waals surface area contributed by atoms with Gasteiger partial charge in [-0.3, -0.25) is 14.9 Å². The van der Waals surface area contributed by atoms with Gasteiger partial charge in [0.1, 0.15) is 5.02 Å². The number of carbonyl (C=O) groups is 1. The van der Waals surface area contributed by atoms with Gasteiger partial charge in [0.15, 0.2) is 0 Å². The molecule has 154 valence electrons. The number of amides is 1. The quantitative estimate of drug-likeness (QED) is 0.278. The second-order valence-electron chi connectivity index (χ2n) is 5.59. The van der Waals surface area contributed by atoms with Crippen molar-refractivity contribution in [2.45, 2.75) is 12.4 Å². The Kier molecular flexibility index (Phi) is 6.21. The minimum Gasteiger partial charge on any atom is -0.322 e. The van der Waals surface area contributed by atoms with E-state index in [0.717, 1.165) is 18.2 Å². The van der Waals surface area contributed by atoms with Gasteiger partial charge in [-0.1, -0.05) is 17.7 Å². The Morgan fingerprint density at radius 2 is 1.55 bits per heavy atom. The van der Waals surface area contributed by atoms with Gasteiger partial charge < -0.3 is 5.32 Å². The van der Waals surface area contributed by atoms with E-state index in [1.54, 1.807) is 0 Å². The highest BCUT2D eigenvalue weighted by atomic mass is 35.5. The number of carbonyl (C=O) groups excluding carboxylic acids is 1. The molecule has 0 saturated heterocycles. The molecule has 2 aromatic carbocycles. The summed E-state index contributed by atoms with van der Waals surface area (Å²) in [6, 6.07) is 4.20. The second-order valence-corrected chi connectivity index (χ2v) is 5.99. The number of hydrogen-bond donors (Lipinski definition) is 1. The third-order valence-electron chi connectivity index (χ3n) is 3.45. The first kappa shape index (κ1) is 22.2. The van der Waals surface area contributed by atoms with Gasteiger partial charge in [0.2, 0.25) is 5.91 Å². The Hall–Kier alpha value is -3.08. The van der Waals surface area contributed by atoms with Gasteiger partial charge in [0.05, 0.1) is 16.1 Å². The van der Waals surface area contributed by atoms with E-state index in [1.807, 2.05) is 5.32 Å². The SMILES string of the molecule is O=C(/C=C/c1ccc(Cl)c([N+](=O)[O-])c1)Nc1cc(C(F)(F)F)cc(C(F)(F)F)c1. The van der Waals surface area contributed by atoms with Gasteiger partial charge in [-0.05, 0) is 35.9 Å². The molecule has 2 rings (SSSR count). The molecule has 12 heteroatoms.